The molecule has 0 aliphatic carbocycles. The van der Waals surface area contributed by atoms with E-state index >= 15 is 0 Å². The highest BCUT2D eigenvalue weighted by Crippen LogP contribution is 2.17. The number of aryl methyl sites for hydroxylation is 1. The van der Waals surface area contributed by atoms with E-state index < -0.39 is 0 Å². The zero-order valence-corrected chi connectivity index (χ0v) is 14.2. The lowest BCUT2D eigenvalue weighted by molar-refractivity contribution is 0.0916. The maximum absolute atomic E-state index is 12.5. The molecule has 1 atom stereocenters. The largest absolute Gasteiger partial charge is 0.349 e. The highest BCUT2D eigenvalue weighted by atomic mass is 16.1. The van der Waals surface area contributed by atoms with E-state index in [4.69, 9.17) is 0 Å². The van der Waals surface area contributed by atoms with Crippen molar-refractivity contribution in [1.29, 1.82) is 0 Å². The molecule has 114 valence electrons. The minimum Gasteiger partial charge on any atom is -0.349 e. The lowest BCUT2D eigenvalue weighted by atomic mass is 10.0. The Morgan fingerprint density at radius 2 is 1.90 bits per heavy atom. The lowest BCUT2D eigenvalue weighted by Crippen LogP contribution is -2.34. The molecule has 1 heterocycles. The molecule has 1 aromatic heterocycles. The van der Waals surface area contributed by atoms with E-state index in [0.29, 0.717) is 18.5 Å². The van der Waals surface area contributed by atoms with E-state index in [1.807, 2.05) is 20.0 Å². The molecule has 1 unspecified atom stereocenters. The van der Waals surface area contributed by atoms with E-state index in [-0.39, 0.29) is 5.78 Å². The molecule has 0 spiro atoms. The highest BCUT2D eigenvalue weighted by Gasteiger charge is 2.19. The third-order valence-electron chi connectivity index (χ3n) is 4.15. The summed E-state index contributed by atoms with van der Waals surface area (Å²) in [5.41, 5.74) is 3.15. The molecule has 1 rings (SSSR count). The van der Waals surface area contributed by atoms with E-state index in [1.54, 1.807) is 0 Å². The molecule has 0 amide bonds. The summed E-state index contributed by atoms with van der Waals surface area (Å²) < 4.78 is 2.20. The normalized spacial score (nSPS) is 13.2. The Labute approximate surface area is 124 Å². The number of carbonyl (C=O) groups excluding carboxylic acids is 1. The number of carbonyl (C=O) groups is 1. The second-order valence-corrected chi connectivity index (χ2v) is 6.35. The summed E-state index contributed by atoms with van der Waals surface area (Å²) in [6.45, 7) is 14.3. The van der Waals surface area contributed by atoms with Crippen LogP contribution in [0.5, 0.6) is 0 Å². The van der Waals surface area contributed by atoms with Gasteiger partial charge in [0, 0.05) is 29.5 Å². The molecular formula is C17H30N2O. The zero-order valence-electron chi connectivity index (χ0n) is 14.2. The van der Waals surface area contributed by atoms with Crippen molar-refractivity contribution in [2.75, 3.05) is 13.6 Å². The summed E-state index contributed by atoms with van der Waals surface area (Å²) in [5, 5.41) is 0. The Bertz CT molecular complexity index is 460. The van der Waals surface area contributed by atoms with Crippen LogP contribution in [0.2, 0.25) is 0 Å². The first kappa shape index (κ1) is 17.0. The van der Waals surface area contributed by atoms with Gasteiger partial charge in [-0.15, -0.1) is 0 Å². The quantitative estimate of drug-likeness (QED) is 0.711. The van der Waals surface area contributed by atoms with E-state index in [0.717, 1.165) is 24.2 Å². The molecule has 3 heteroatoms. The van der Waals surface area contributed by atoms with Crippen molar-refractivity contribution in [2.45, 2.75) is 60.5 Å². The van der Waals surface area contributed by atoms with Crippen LogP contribution in [0.25, 0.3) is 0 Å². The van der Waals surface area contributed by atoms with Crippen LogP contribution in [0, 0.1) is 19.8 Å². The van der Waals surface area contributed by atoms with Gasteiger partial charge in [-0.25, -0.2) is 0 Å². The third kappa shape index (κ3) is 3.95. The number of ketones is 1. The van der Waals surface area contributed by atoms with Crippen LogP contribution in [-0.2, 0) is 6.54 Å². The van der Waals surface area contributed by atoms with Gasteiger partial charge in [0.05, 0.1) is 6.54 Å². The van der Waals surface area contributed by atoms with Gasteiger partial charge in [-0.2, -0.15) is 0 Å². The van der Waals surface area contributed by atoms with E-state index in [1.165, 1.54) is 5.69 Å². The standard InChI is InChI=1S/C17H30N2O/c1-8-19-14(5)10-16(15(19)6)17(20)11-18(7)13(4)9-12(2)3/h10,12-13H,8-9,11H2,1-7H3. The molecule has 3 nitrogen and oxygen atoms in total. The number of nitrogens with zero attached hydrogens (tertiary/aromatic N) is 2. The average molecular weight is 278 g/mol. The number of Topliss-reactive ketones (excluding diaryl/α,β-unsaturated/α-hetero) is 1. The molecule has 0 saturated heterocycles. The summed E-state index contributed by atoms with van der Waals surface area (Å²) in [6, 6.07) is 2.47. The molecule has 0 aliphatic rings. The molecule has 0 radical (unpaired) electrons. The fourth-order valence-electron chi connectivity index (χ4n) is 2.90. The van der Waals surface area contributed by atoms with Crippen molar-refractivity contribution in [3.05, 3.63) is 23.0 Å². The van der Waals surface area contributed by atoms with Gasteiger partial charge in [0.15, 0.2) is 5.78 Å². The van der Waals surface area contributed by atoms with Gasteiger partial charge in [0.2, 0.25) is 0 Å². The Kier molecular flexibility index (Phi) is 6.00. The maximum atomic E-state index is 12.5. The Morgan fingerprint density at radius 3 is 2.35 bits per heavy atom. The van der Waals surface area contributed by atoms with Crippen molar-refractivity contribution >= 4 is 5.78 Å². The highest BCUT2D eigenvalue weighted by molar-refractivity contribution is 5.99. The molecule has 0 bridgehead atoms. The second kappa shape index (κ2) is 7.07. The summed E-state index contributed by atoms with van der Waals surface area (Å²) >= 11 is 0. The van der Waals surface area contributed by atoms with Crippen molar-refractivity contribution in [1.82, 2.24) is 9.47 Å². The molecule has 0 saturated carbocycles. The first-order chi connectivity index (χ1) is 9.27. The van der Waals surface area contributed by atoms with Crippen LogP contribution in [0.3, 0.4) is 0 Å². The smallest absolute Gasteiger partial charge is 0.178 e. The van der Waals surface area contributed by atoms with Crippen LogP contribution in [0.15, 0.2) is 6.07 Å². The van der Waals surface area contributed by atoms with E-state index in [2.05, 4.69) is 44.1 Å². The summed E-state index contributed by atoms with van der Waals surface area (Å²) in [7, 11) is 2.05. The number of aromatic nitrogens is 1. The molecule has 20 heavy (non-hydrogen) atoms. The van der Waals surface area contributed by atoms with Crippen LogP contribution in [0.4, 0.5) is 0 Å². The maximum Gasteiger partial charge on any atom is 0.178 e. The lowest BCUT2D eigenvalue weighted by Gasteiger charge is -2.25. The second-order valence-electron chi connectivity index (χ2n) is 6.35. The van der Waals surface area contributed by atoms with Crippen LogP contribution in [0.1, 0.15) is 55.9 Å². The molecule has 0 N–H and O–H groups in total. The van der Waals surface area contributed by atoms with Gasteiger partial charge in [0.1, 0.15) is 0 Å². The van der Waals surface area contributed by atoms with E-state index in [9.17, 15) is 4.79 Å². The van der Waals surface area contributed by atoms with Crippen LogP contribution in [-0.4, -0.2) is 34.9 Å². The van der Waals surface area contributed by atoms with Gasteiger partial charge in [-0.1, -0.05) is 13.8 Å². The minimum atomic E-state index is 0.232. The van der Waals surface area contributed by atoms with Gasteiger partial charge in [-0.3, -0.25) is 9.69 Å². The molecule has 1 aromatic rings. The molecular weight excluding hydrogens is 248 g/mol. The first-order valence-electron chi connectivity index (χ1n) is 7.68. The molecule has 0 aliphatic heterocycles. The van der Waals surface area contributed by atoms with Gasteiger partial charge in [-0.05, 0) is 53.1 Å². The van der Waals surface area contributed by atoms with Crippen molar-refractivity contribution in [3.63, 3.8) is 0 Å². The van der Waals surface area contributed by atoms with Gasteiger partial charge < -0.3 is 4.57 Å². The summed E-state index contributed by atoms with van der Waals surface area (Å²) in [6.07, 6.45) is 1.12. The number of likely N-dealkylation sites (N-methyl/N-ethyl adjacent to an activating group) is 1. The summed E-state index contributed by atoms with van der Waals surface area (Å²) in [4.78, 5) is 14.7. The van der Waals surface area contributed by atoms with Crippen molar-refractivity contribution < 1.29 is 4.79 Å². The number of hydrogen-bond acceptors (Lipinski definition) is 2. The van der Waals surface area contributed by atoms with Crippen molar-refractivity contribution in [3.8, 4) is 0 Å². The Morgan fingerprint density at radius 1 is 1.30 bits per heavy atom. The number of rotatable bonds is 7. The molecule has 0 aromatic carbocycles. The molecule has 0 fully saturated rings. The minimum absolute atomic E-state index is 0.232. The Balaban J connectivity index is 2.76. The fraction of sp³-hybridized carbons (Fsp3) is 0.706. The average Bonchev–Trinajstić information content (AvgIpc) is 2.63. The fourth-order valence-corrected chi connectivity index (χ4v) is 2.90. The SMILES string of the molecule is CCn1c(C)cc(C(=O)CN(C)C(C)CC(C)C)c1C. The summed E-state index contributed by atoms with van der Waals surface area (Å²) in [5.74, 6) is 0.892. The van der Waals surface area contributed by atoms with Crippen molar-refractivity contribution in [2.24, 2.45) is 5.92 Å². The van der Waals surface area contributed by atoms with Crippen LogP contribution < -0.4 is 0 Å². The van der Waals surface area contributed by atoms with Gasteiger partial charge in [0.25, 0.3) is 0 Å². The monoisotopic (exact) mass is 278 g/mol. The van der Waals surface area contributed by atoms with Gasteiger partial charge >= 0.3 is 0 Å². The van der Waals surface area contributed by atoms with Crippen LogP contribution >= 0.6 is 0 Å². The first-order valence-corrected chi connectivity index (χ1v) is 7.68. The third-order valence-corrected chi connectivity index (χ3v) is 4.15. The Hall–Kier alpha value is -1.09. The number of hydrogen-bond donors (Lipinski definition) is 0. The predicted octanol–water partition coefficient (Wildman–Crippen LogP) is 3.67. The topological polar surface area (TPSA) is 25.2 Å². The zero-order chi connectivity index (χ0) is 15.4. The predicted molar refractivity (Wildman–Crippen MR) is 85.5 cm³/mol.